The normalized spacial score (nSPS) is 10.3. The second kappa shape index (κ2) is 5.83. The number of aromatic hydroxyl groups is 1. The third-order valence-corrected chi connectivity index (χ3v) is 3.29. The largest absolute Gasteiger partial charge is 0.507 e. The molecule has 0 bridgehead atoms. The summed E-state index contributed by atoms with van der Waals surface area (Å²) in [6.45, 7) is 0. The number of halogens is 1. The topological polar surface area (TPSA) is 37.3 Å². The number of phenolic OH excluding ortho intramolecular Hbond substituents is 1. The van der Waals surface area contributed by atoms with Crippen LogP contribution in [0.2, 0.25) is 0 Å². The summed E-state index contributed by atoms with van der Waals surface area (Å²) in [5.41, 5.74) is 1.51. The Morgan fingerprint density at radius 2 is 1.72 bits per heavy atom. The molecule has 18 heavy (non-hydrogen) atoms. The van der Waals surface area contributed by atoms with Crippen LogP contribution in [-0.2, 0) is 6.42 Å². The number of carbonyl (C=O) groups is 1. The molecule has 0 saturated heterocycles. The Balaban J connectivity index is 2.01. The molecule has 92 valence electrons. The van der Waals surface area contributed by atoms with Crippen LogP contribution in [0, 0.1) is 0 Å². The van der Waals surface area contributed by atoms with Crippen LogP contribution < -0.4 is 0 Å². The third-order valence-electron chi connectivity index (χ3n) is 2.76. The fourth-order valence-corrected chi connectivity index (χ4v) is 2.02. The Kier molecular flexibility index (Phi) is 4.15. The zero-order chi connectivity index (χ0) is 13.0. The summed E-state index contributed by atoms with van der Waals surface area (Å²) >= 11 is 3.37. The minimum atomic E-state index is -0.0315. The molecule has 0 atom stereocenters. The second-order valence-electron chi connectivity index (χ2n) is 4.07. The first-order valence-corrected chi connectivity index (χ1v) is 6.52. The van der Waals surface area contributed by atoms with Crippen molar-refractivity contribution >= 4 is 21.7 Å². The van der Waals surface area contributed by atoms with E-state index in [-0.39, 0.29) is 11.5 Å². The van der Waals surface area contributed by atoms with Gasteiger partial charge in [0, 0.05) is 10.9 Å². The number of hydrogen-bond donors (Lipinski definition) is 1. The van der Waals surface area contributed by atoms with E-state index in [4.69, 9.17) is 0 Å². The summed E-state index contributed by atoms with van der Waals surface area (Å²) in [6, 6.07) is 14.5. The van der Waals surface area contributed by atoms with Crippen molar-refractivity contribution < 1.29 is 9.90 Å². The predicted octanol–water partition coefficient (Wildman–Crippen LogP) is 3.97. The van der Waals surface area contributed by atoms with Crippen molar-refractivity contribution in [3.05, 3.63) is 64.1 Å². The van der Waals surface area contributed by atoms with E-state index in [9.17, 15) is 9.90 Å². The molecule has 0 amide bonds. The molecule has 0 unspecified atom stereocenters. The standard InChI is InChI=1S/C15H13BrO2/c16-12-8-5-11(6-9-12)7-10-15(18)13-3-1-2-4-14(13)17/h1-6,8-9,17H,7,10H2. The molecule has 0 aliphatic rings. The SMILES string of the molecule is O=C(CCc1ccc(Br)cc1)c1ccccc1O. The van der Waals surface area contributed by atoms with Crippen molar-refractivity contribution in [1.29, 1.82) is 0 Å². The minimum Gasteiger partial charge on any atom is -0.507 e. The van der Waals surface area contributed by atoms with Crippen molar-refractivity contribution in [2.45, 2.75) is 12.8 Å². The zero-order valence-electron chi connectivity index (χ0n) is 9.77. The van der Waals surface area contributed by atoms with Gasteiger partial charge in [0.05, 0.1) is 5.56 Å². The molecule has 0 saturated carbocycles. The minimum absolute atomic E-state index is 0.0315. The van der Waals surface area contributed by atoms with Gasteiger partial charge in [-0.3, -0.25) is 4.79 Å². The maximum atomic E-state index is 11.9. The average Bonchev–Trinajstić information content (AvgIpc) is 2.38. The van der Waals surface area contributed by atoms with Crippen LogP contribution >= 0.6 is 15.9 Å². The quantitative estimate of drug-likeness (QED) is 0.868. The van der Waals surface area contributed by atoms with Gasteiger partial charge in [-0.05, 0) is 36.2 Å². The molecule has 2 nitrogen and oxygen atoms in total. The van der Waals surface area contributed by atoms with Crippen LogP contribution in [0.15, 0.2) is 53.0 Å². The van der Waals surface area contributed by atoms with E-state index >= 15 is 0 Å². The van der Waals surface area contributed by atoms with E-state index in [0.717, 1.165) is 10.0 Å². The average molecular weight is 305 g/mol. The predicted molar refractivity (Wildman–Crippen MR) is 74.9 cm³/mol. The molecule has 3 heteroatoms. The maximum absolute atomic E-state index is 11.9. The van der Waals surface area contributed by atoms with Gasteiger partial charge < -0.3 is 5.11 Å². The molecule has 2 rings (SSSR count). The van der Waals surface area contributed by atoms with Crippen LogP contribution in [0.3, 0.4) is 0 Å². The van der Waals surface area contributed by atoms with Gasteiger partial charge in [0.15, 0.2) is 5.78 Å². The highest BCUT2D eigenvalue weighted by Crippen LogP contribution is 2.19. The Morgan fingerprint density at radius 3 is 2.39 bits per heavy atom. The number of rotatable bonds is 4. The second-order valence-corrected chi connectivity index (χ2v) is 4.98. The number of Topliss-reactive ketones (excluding diaryl/α,β-unsaturated/α-hetero) is 1. The van der Waals surface area contributed by atoms with Crippen LogP contribution in [0.1, 0.15) is 22.3 Å². The van der Waals surface area contributed by atoms with Crippen LogP contribution in [-0.4, -0.2) is 10.9 Å². The van der Waals surface area contributed by atoms with Crippen molar-refractivity contribution in [1.82, 2.24) is 0 Å². The molecule has 0 aliphatic carbocycles. The van der Waals surface area contributed by atoms with Crippen molar-refractivity contribution in [2.24, 2.45) is 0 Å². The Labute approximate surface area is 114 Å². The fraction of sp³-hybridized carbons (Fsp3) is 0.133. The number of benzene rings is 2. The summed E-state index contributed by atoms with van der Waals surface area (Å²) in [4.78, 5) is 11.9. The summed E-state index contributed by atoms with van der Waals surface area (Å²) in [7, 11) is 0. The summed E-state index contributed by atoms with van der Waals surface area (Å²) in [5, 5.41) is 9.59. The smallest absolute Gasteiger partial charge is 0.166 e. The van der Waals surface area contributed by atoms with Gasteiger partial charge in [-0.15, -0.1) is 0 Å². The highest BCUT2D eigenvalue weighted by molar-refractivity contribution is 9.10. The molecule has 0 spiro atoms. The summed E-state index contributed by atoms with van der Waals surface area (Å²) in [5.74, 6) is 0.0225. The Morgan fingerprint density at radius 1 is 1.06 bits per heavy atom. The molecule has 2 aromatic rings. The van der Waals surface area contributed by atoms with Gasteiger partial charge in [-0.1, -0.05) is 40.2 Å². The lowest BCUT2D eigenvalue weighted by Crippen LogP contribution is -2.01. The molecular formula is C15H13BrO2. The monoisotopic (exact) mass is 304 g/mol. The summed E-state index contributed by atoms with van der Waals surface area (Å²) < 4.78 is 1.03. The van der Waals surface area contributed by atoms with E-state index in [1.54, 1.807) is 18.2 Å². The molecule has 1 N–H and O–H groups in total. The lowest BCUT2D eigenvalue weighted by molar-refractivity contribution is 0.0980. The lowest BCUT2D eigenvalue weighted by atomic mass is 10.0. The highest BCUT2D eigenvalue weighted by Gasteiger charge is 2.10. The molecule has 0 fully saturated rings. The van der Waals surface area contributed by atoms with E-state index < -0.39 is 0 Å². The van der Waals surface area contributed by atoms with Gasteiger partial charge in [-0.2, -0.15) is 0 Å². The Hall–Kier alpha value is -1.61. The van der Waals surface area contributed by atoms with E-state index in [2.05, 4.69) is 15.9 Å². The molecule has 0 aromatic heterocycles. The van der Waals surface area contributed by atoms with Gasteiger partial charge in [0.25, 0.3) is 0 Å². The fourth-order valence-electron chi connectivity index (χ4n) is 1.75. The number of hydrogen-bond acceptors (Lipinski definition) is 2. The summed E-state index contributed by atoms with van der Waals surface area (Å²) in [6.07, 6.45) is 1.08. The van der Waals surface area contributed by atoms with Crippen LogP contribution in [0.4, 0.5) is 0 Å². The molecule has 2 aromatic carbocycles. The van der Waals surface area contributed by atoms with Gasteiger partial charge in [-0.25, -0.2) is 0 Å². The molecule has 0 heterocycles. The van der Waals surface area contributed by atoms with Crippen LogP contribution in [0.25, 0.3) is 0 Å². The van der Waals surface area contributed by atoms with Crippen molar-refractivity contribution in [3.63, 3.8) is 0 Å². The van der Waals surface area contributed by atoms with E-state index in [1.165, 1.54) is 6.07 Å². The number of aryl methyl sites for hydroxylation is 1. The van der Waals surface area contributed by atoms with E-state index in [0.29, 0.717) is 18.4 Å². The van der Waals surface area contributed by atoms with Gasteiger partial charge >= 0.3 is 0 Å². The highest BCUT2D eigenvalue weighted by atomic mass is 79.9. The number of carbonyl (C=O) groups excluding carboxylic acids is 1. The number of phenols is 1. The Bertz CT molecular complexity index is 547. The van der Waals surface area contributed by atoms with E-state index in [1.807, 2.05) is 24.3 Å². The first-order chi connectivity index (χ1) is 8.66. The zero-order valence-corrected chi connectivity index (χ0v) is 11.4. The molecular weight excluding hydrogens is 292 g/mol. The van der Waals surface area contributed by atoms with Crippen molar-refractivity contribution in [2.75, 3.05) is 0 Å². The number of ketones is 1. The van der Waals surface area contributed by atoms with Gasteiger partial charge in [0.1, 0.15) is 5.75 Å². The van der Waals surface area contributed by atoms with Crippen LogP contribution in [0.5, 0.6) is 5.75 Å². The first kappa shape index (κ1) is 12.8. The molecule has 0 aliphatic heterocycles. The molecule has 0 radical (unpaired) electrons. The first-order valence-electron chi connectivity index (χ1n) is 5.72. The maximum Gasteiger partial charge on any atom is 0.166 e. The number of para-hydroxylation sites is 1. The van der Waals surface area contributed by atoms with Gasteiger partial charge in [0.2, 0.25) is 0 Å². The third kappa shape index (κ3) is 3.20. The lowest BCUT2D eigenvalue weighted by Gasteiger charge is -2.04. The van der Waals surface area contributed by atoms with Crippen molar-refractivity contribution in [3.8, 4) is 5.75 Å².